The van der Waals surface area contributed by atoms with Gasteiger partial charge in [-0.2, -0.15) is 0 Å². The van der Waals surface area contributed by atoms with E-state index >= 15 is 0 Å². The molecule has 2 aromatic rings. The molecule has 0 aliphatic carbocycles. The van der Waals surface area contributed by atoms with Gasteiger partial charge in [0.05, 0.1) is 5.56 Å². The Morgan fingerprint density at radius 3 is 2.83 bits per heavy atom. The molecule has 0 saturated carbocycles. The minimum atomic E-state index is -0.00907. The third-order valence-corrected chi connectivity index (χ3v) is 2.76. The Morgan fingerprint density at radius 1 is 1.39 bits per heavy atom. The largest absolute Gasteiger partial charge is 0.463 e. The Hall–Kier alpha value is -1.52. The molecule has 1 N–H and O–H groups in total. The lowest BCUT2D eigenvalue weighted by atomic mass is 10.1. The summed E-state index contributed by atoms with van der Waals surface area (Å²) in [6.07, 6.45) is 1.53. The van der Waals surface area contributed by atoms with E-state index in [1.807, 2.05) is 31.3 Å². The SMILES string of the molecule is CNCCN(C)C(=O)c1coc2ccccc12.Cl. The molecule has 98 valence electrons. The summed E-state index contributed by atoms with van der Waals surface area (Å²) in [7, 11) is 3.66. The van der Waals surface area contributed by atoms with Gasteiger partial charge in [0.2, 0.25) is 0 Å². The van der Waals surface area contributed by atoms with Gasteiger partial charge in [-0.1, -0.05) is 18.2 Å². The number of furan rings is 1. The predicted molar refractivity (Wildman–Crippen MR) is 74.3 cm³/mol. The zero-order valence-corrected chi connectivity index (χ0v) is 11.3. The van der Waals surface area contributed by atoms with E-state index in [0.29, 0.717) is 12.1 Å². The molecule has 1 heterocycles. The van der Waals surface area contributed by atoms with Crippen LogP contribution >= 0.6 is 12.4 Å². The Balaban J connectivity index is 0.00000162. The molecule has 0 unspecified atom stereocenters. The van der Waals surface area contributed by atoms with E-state index in [4.69, 9.17) is 4.42 Å². The van der Waals surface area contributed by atoms with E-state index in [-0.39, 0.29) is 18.3 Å². The first-order chi connectivity index (χ1) is 8.24. The number of nitrogens with one attached hydrogen (secondary N) is 1. The van der Waals surface area contributed by atoms with Crippen LogP contribution in [0.1, 0.15) is 10.4 Å². The molecule has 5 heteroatoms. The highest BCUT2D eigenvalue weighted by Gasteiger charge is 2.16. The van der Waals surface area contributed by atoms with Crippen molar-refractivity contribution >= 4 is 29.3 Å². The van der Waals surface area contributed by atoms with Gasteiger partial charge in [0.15, 0.2) is 0 Å². The molecule has 0 saturated heterocycles. The lowest BCUT2D eigenvalue weighted by molar-refractivity contribution is 0.0798. The van der Waals surface area contributed by atoms with E-state index in [0.717, 1.165) is 17.5 Å². The predicted octanol–water partition coefficient (Wildman–Crippen LogP) is 2.15. The minimum absolute atomic E-state index is 0. The molecule has 0 spiro atoms. The molecule has 1 aromatic carbocycles. The summed E-state index contributed by atoms with van der Waals surface area (Å²) in [5.41, 5.74) is 1.37. The van der Waals surface area contributed by atoms with Crippen molar-refractivity contribution in [2.45, 2.75) is 0 Å². The summed E-state index contributed by atoms with van der Waals surface area (Å²) in [5.74, 6) is -0.00907. The van der Waals surface area contributed by atoms with Crippen LogP contribution in [0.5, 0.6) is 0 Å². The van der Waals surface area contributed by atoms with Crippen LogP contribution in [0.15, 0.2) is 34.9 Å². The first-order valence-electron chi connectivity index (χ1n) is 5.60. The van der Waals surface area contributed by atoms with Crippen LogP contribution < -0.4 is 5.32 Å². The summed E-state index contributed by atoms with van der Waals surface area (Å²) in [6, 6.07) is 7.56. The number of hydrogen-bond acceptors (Lipinski definition) is 3. The van der Waals surface area contributed by atoms with Crippen molar-refractivity contribution in [3.05, 3.63) is 36.1 Å². The van der Waals surface area contributed by atoms with E-state index < -0.39 is 0 Å². The number of rotatable bonds is 4. The first-order valence-corrected chi connectivity index (χ1v) is 5.60. The fourth-order valence-corrected chi connectivity index (χ4v) is 1.73. The maximum atomic E-state index is 12.2. The minimum Gasteiger partial charge on any atom is -0.463 e. The molecule has 0 fully saturated rings. The molecule has 0 radical (unpaired) electrons. The molecule has 0 atom stereocenters. The number of halogens is 1. The lowest BCUT2D eigenvalue weighted by Gasteiger charge is -2.15. The molecule has 1 aromatic heterocycles. The van der Waals surface area contributed by atoms with E-state index in [1.165, 1.54) is 6.26 Å². The Kier molecular flexibility index (Phi) is 5.19. The number of carbonyl (C=O) groups is 1. The van der Waals surface area contributed by atoms with Crippen LogP contribution in [0.2, 0.25) is 0 Å². The maximum Gasteiger partial charge on any atom is 0.257 e. The third kappa shape index (κ3) is 2.83. The number of amides is 1. The third-order valence-electron chi connectivity index (χ3n) is 2.76. The molecule has 0 aliphatic heterocycles. The van der Waals surface area contributed by atoms with Crippen molar-refractivity contribution < 1.29 is 9.21 Å². The lowest BCUT2D eigenvalue weighted by Crippen LogP contribution is -2.32. The van der Waals surface area contributed by atoms with Gasteiger partial charge < -0.3 is 14.6 Å². The van der Waals surface area contributed by atoms with Crippen molar-refractivity contribution in [1.29, 1.82) is 0 Å². The van der Waals surface area contributed by atoms with E-state index in [1.54, 1.807) is 11.9 Å². The van der Waals surface area contributed by atoms with Crippen molar-refractivity contribution in [3.63, 3.8) is 0 Å². The monoisotopic (exact) mass is 268 g/mol. The smallest absolute Gasteiger partial charge is 0.257 e. The van der Waals surface area contributed by atoms with Crippen molar-refractivity contribution in [3.8, 4) is 0 Å². The molecular formula is C13H17ClN2O2. The zero-order valence-electron chi connectivity index (χ0n) is 10.5. The number of hydrogen-bond donors (Lipinski definition) is 1. The zero-order chi connectivity index (χ0) is 12.3. The fourth-order valence-electron chi connectivity index (χ4n) is 1.73. The summed E-state index contributed by atoms with van der Waals surface area (Å²) in [6.45, 7) is 1.45. The molecule has 0 bridgehead atoms. The Morgan fingerprint density at radius 2 is 2.11 bits per heavy atom. The van der Waals surface area contributed by atoms with Crippen LogP contribution in [0.3, 0.4) is 0 Å². The molecule has 2 rings (SSSR count). The van der Waals surface area contributed by atoms with Gasteiger partial charge >= 0.3 is 0 Å². The second kappa shape index (κ2) is 6.42. The standard InChI is InChI=1S/C13H16N2O2.ClH/c1-14-7-8-15(2)13(16)11-9-17-12-6-4-3-5-10(11)12;/h3-6,9,14H,7-8H2,1-2H3;1H. The summed E-state index contributed by atoms with van der Waals surface area (Å²) in [5, 5.41) is 3.89. The number of fused-ring (bicyclic) bond motifs is 1. The average Bonchev–Trinajstić information content (AvgIpc) is 2.78. The Labute approximate surface area is 112 Å². The molecule has 0 aliphatic rings. The summed E-state index contributed by atoms with van der Waals surface area (Å²) in [4.78, 5) is 13.9. The van der Waals surface area contributed by atoms with E-state index in [9.17, 15) is 4.79 Å². The normalized spacial score (nSPS) is 10.1. The maximum absolute atomic E-state index is 12.2. The highest BCUT2D eigenvalue weighted by Crippen LogP contribution is 2.21. The van der Waals surface area contributed by atoms with Crippen molar-refractivity contribution in [1.82, 2.24) is 10.2 Å². The second-order valence-corrected chi connectivity index (χ2v) is 3.98. The first kappa shape index (κ1) is 14.5. The van der Waals surface area contributed by atoms with Crippen LogP contribution in [0, 0.1) is 0 Å². The molecule has 4 nitrogen and oxygen atoms in total. The average molecular weight is 269 g/mol. The topological polar surface area (TPSA) is 45.5 Å². The molecule has 18 heavy (non-hydrogen) atoms. The van der Waals surface area contributed by atoms with Gasteiger partial charge in [0.1, 0.15) is 11.8 Å². The van der Waals surface area contributed by atoms with Crippen LogP contribution in [0.25, 0.3) is 11.0 Å². The molecule has 1 amide bonds. The number of para-hydroxylation sites is 1. The van der Waals surface area contributed by atoms with Crippen LogP contribution in [0.4, 0.5) is 0 Å². The summed E-state index contributed by atoms with van der Waals surface area (Å²) < 4.78 is 5.36. The quantitative estimate of drug-likeness (QED) is 0.924. The van der Waals surface area contributed by atoms with Crippen molar-refractivity contribution in [2.24, 2.45) is 0 Å². The summed E-state index contributed by atoms with van der Waals surface area (Å²) >= 11 is 0. The Bertz CT molecular complexity index is 524. The molecular weight excluding hydrogens is 252 g/mol. The van der Waals surface area contributed by atoms with Gasteiger partial charge in [0.25, 0.3) is 5.91 Å². The van der Waals surface area contributed by atoms with Crippen LogP contribution in [-0.4, -0.2) is 38.0 Å². The number of nitrogens with zero attached hydrogens (tertiary/aromatic N) is 1. The van der Waals surface area contributed by atoms with Gasteiger partial charge in [-0.3, -0.25) is 4.79 Å². The highest BCUT2D eigenvalue weighted by molar-refractivity contribution is 6.05. The van der Waals surface area contributed by atoms with Gasteiger partial charge in [-0.05, 0) is 13.1 Å². The van der Waals surface area contributed by atoms with E-state index in [2.05, 4.69) is 5.32 Å². The number of likely N-dealkylation sites (N-methyl/N-ethyl adjacent to an activating group) is 2. The van der Waals surface area contributed by atoms with Gasteiger partial charge in [0, 0.05) is 25.5 Å². The number of benzene rings is 1. The second-order valence-electron chi connectivity index (χ2n) is 3.98. The number of carbonyl (C=O) groups excluding carboxylic acids is 1. The van der Waals surface area contributed by atoms with Crippen molar-refractivity contribution in [2.75, 3.05) is 27.2 Å². The van der Waals surface area contributed by atoms with Crippen LogP contribution in [-0.2, 0) is 0 Å². The highest BCUT2D eigenvalue weighted by atomic mass is 35.5. The fraction of sp³-hybridized carbons (Fsp3) is 0.308. The van der Waals surface area contributed by atoms with Gasteiger partial charge in [-0.25, -0.2) is 0 Å². The van der Waals surface area contributed by atoms with Gasteiger partial charge in [-0.15, -0.1) is 12.4 Å².